The number of carbonyl (C=O) groups is 1. The Morgan fingerprint density at radius 1 is 1.14 bits per heavy atom. The van der Waals surface area contributed by atoms with Crippen LogP contribution in [0.15, 0.2) is 0 Å². The summed E-state index contributed by atoms with van der Waals surface area (Å²) in [5.74, 6) is -0.0135. The van der Waals surface area contributed by atoms with Gasteiger partial charge in [0.2, 0.25) is 0 Å². The Bertz CT molecular complexity index is 433. The first-order chi connectivity index (χ1) is 9.72. The zero-order chi connectivity index (χ0) is 18.2. The van der Waals surface area contributed by atoms with Crippen molar-refractivity contribution in [2.24, 2.45) is 0 Å². The molecule has 0 rings (SSSR count). The average Bonchev–Trinajstić information content (AvgIpc) is 2.35. The predicted octanol–water partition coefficient (Wildman–Crippen LogP) is 4.06. The van der Waals surface area contributed by atoms with Crippen LogP contribution < -0.4 is 0 Å². The summed E-state index contributed by atoms with van der Waals surface area (Å²) in [5, 5.41) is 0. The molecule has 22 heavy (non-hydrogen) atoms. The van der Waals surface area contributed by atoms with E-state index in [1.165, 1.54) is 0 Å². The highest BCUT2D eigenvalue weighted by Gasteiger charge is 2.39. The Labute approximate surface area is 141 Å². The molecule has 0 amide bonds. The zero-order valence-corrected chi connectivity index (χ0v) is 16.5. The van der Waals surface area contributed by atoms with Gasteiger partial charge < -0.3 is 0 Å². The molecule has 0 bridgehead atoms. The minimum absolute atomic E-state index is 0.0941. The van der Waals surface area contributed by atoms with Crippen LogP contribution >= 0.6 is 11.8 Å². The van der Waals surface area contributed by atoms with Crippen molar-refractivity contribution < 1.29 is 17.8 Å². The second kappa shape index (κ2) is 9.85. The summed E-state index contributed by atoms with van der Waals surface area (Å²) < 4.78 is 29.7. The SMILES string of the molecule is CCCC(C)(C)N(Cl)C(C)(C)C(C)=O.CCCCS(=O)(=O)O. The number of halogens is 1. The van der Waals surface area contributed by atoms with Crippen LogP contribution in [0, 0.1) is 0 Å². The fourth-order valence-electron chi connectivity index (χ4n) is 1.93. The van der Waals surface area contributed by atoms with Crippen LogP contribution in [-0.4, -0.2) is 40.0 Å². The minimum Gasteiger partial charge on any atom is -0.298 e. The molecule has 5 nitrogen and oxygen atoms in total. The van der Waals surface area contributed by atoms with E-state index in [2.05, 4.69) is 20.8 Å². The molecule has 0 heterocycles. The van der Waals surface area contributed by atoms with Gasteiger partial charge in [0.1, 0.15) is 0 Å². The number of nitrogens with zero attached hydrogens (tertiary/aromatic N) is 1. The van der Waals surface area contributed by atoms with E-state index in [4.69, 9.17) is 16.3 Å². The highest BCUT2D eigenvalue weighted by Crippen LogP contribution is 2.31. The molecule has 0 aliphatic heterocycles. The largest absolute Gasteiger partial charge is 0.298 e. The molecule has 0 saturated heterocycles. The van der Waals surface area contributed by atoms with E-state index in [9.17, 15) is 13.2 Å². The third-order valence-electron chi connectivity index (χ3n) is 3.50. The lowest BCUT2D eigenvalue weighted by molar-refractivity contribution is -0.126. The van der Waals surface area contributed by atoms with Crippen molar-refractivity contribution in [2.45, 2.75) is 85.2 Å². The maximum atomic E-state index is 11.4. The third kappa shape index (κ3) is 9.77. The smallest absolute Gasteiger partial charge is 0.264 e. The number of ketones is 1. The Morgan fingerprint density at radius 2 is 1.59 bits per heavy atom. The average molecular weight is 358 g/mol. The van der Waals surface area contributed by atoms with E-state index < -0.39 is 15.7 Å². The first kappa shape index (κ1) is 24.1. The molecule has 0 radical (unpaired) electrons. The van der Waals surface area contributed by atoms with Crippen molar-refractivity contribution in [2.75, 3.05) is 5.75 Å². The number of Topliss-reactive ketones (excluding diaryl/α,β-unsaturated/α-hetero) is 1. The Kier molecular flexibility index (Phi) is 10.8. The Balaban J connectivity index is 0. The molecule has 0 spiro atoms. The van der Waals surface area contributed by atoms with Crippen molar-refractivity contribution >= 4 is 27.7 Å². The summed E-state index contributed by atoms with van der Waals surface area (Å²) in [6.45, 7) is 13.4. The van der Waals surface area contributed by atoms with Crippen LogP contribution in [0.2, 0.25) is 0 Å². The Morgan fingerprint density at radius 3 is 1.82 bits per heavy atom. The predicted molar refractivity (Wildman–Crippen MR) is 92.8 cm³/mol. The molecule has 0 fully saturated rings. The molecular weight excluding hydrogens is 326 g/mol. The first-order valence-electron chi connectivity index (χ1n) is 7.64. The van der Waals surface area contributed by atoms with Gasteiger partial charge in [0.25, 0.3) is 10.1 Å². The second-order valence-electron chi connectivity index (χ2n) is 6.60. The molecule has 0 aromatic rings. The van der Waals surface area contributed by atoms with Gasteiger partial charge in [-0.15, -0.1) is 0 Å². The van der Waals surface area contributed by atoms with Gasteiger partial charge in [0, 0.05) is 5.54 Å². The number of unbranched alkanes of at least 4 members (excludes halogenated alkanes) is 1. The minimum atomic E-state index is -3.69. The van der Waals surface area contributed by atoms with E-state index in [0.29, 0.717) is 6.42 Å². The van der Waals surface area contributed by atoms with Crippen LogP contribution in [0.4, 0.5) is 0 Å². The van der Waals surface area contributed by atoms with E-state index in [-0.39, 0.29) is 17.1 Å². The molecule has 0 unspecified atom stereocenters. The second-order valence-corrected chi connectivity index (χ2v) is 8.51. The molecular formula is C15H32ClNO4S. The summed E-state index contributed by atoms with van der Waals surface area (Å²) >= 11 is 6.25. The van der Waals surface area contributed by atoms with Crippen molar-refractivity contribution in [3.63, 3.8) is 0 Å². The summed E-state index contributed by atoms with van der Waals surface area (Å²) in [6.07, 6.45) is 3.37. The summed E-state index contributed by atoms with van der Waals surface area (Å²) in [5.41, 5.74) is -0.744. The van der Waals surface area contributed by atoms with Gasteiger partial charge >= 0.3 is 0 Å². The fourth-order valence-corrected chi connectivity index (χ4v) is 2.79. The lowest BCUT2D eigenvalue weighted by Gasteiger charge is -2.42. The molecule has 0 aliphatic rings. The molecule has 7 heteroatoms. The van der Waals surface area contributed by atoms with E-state index in [0.717, 1.165) is 19.3 Å². The highest BCUT2D eigenvalue weighted by molar-refractivity contribution is 7.85. The zero-order valence-electron chi connectivity index (χ0n) is 14.9. The topological polar surface area (TPSA) is 74.7 Å². The number of hydrogen-bond donors (Lipinski definition) is 1. The van der Waals surface area contributed by atoms with Crippen molar-refractivity contribution in [1.82, 2.24) is 4.42 Å². The van der Waals surface area contributed by atoms with Gasteiger partial charge in [-0.1, -0.05) is 26.7 Å². The quantitative estimate of drug-likeness (QED) is 0.523. The van der Waals surface area contributed by atoms with Gasteiger partial charge in [-0.25, -0.2) is 4.42 Å². The van der Waals surface area contributed by atoms with E-state index in [1.54, 1.807) is 11.3 Å². The summed E-state index contributed by atoms with van der Waals surface area (Å²) in [7, 11) is -3.69. The first-order valence-corrected chi connectivity index (χ1v) is 9.59. The van der Waals surface area contributed by atoms with Crippen molar-refractivity contribution in [1.29, 1.82) is 0 Å². The highest BCUT2D eigenvalue weighted by atomic mass is 35.5. The maximum Gasteiger partial charge on any atom is 0.264 e. The number of rotatable bonds is 8. The lowest BCUT2D eigenvalue weighted by Crippen LogP contribution is -2.53. The maximum absolute atomic E-state index is 11.4. The molecule has 0 aliphatic carbocycles. The molecule has 0 aromatic heterocycles. The number of carbonyl (C=O) groups excluding carboxylic acids is 1. The molecule has 1 N–H and O–H groups in total. The third-order valence-corrected chi connectivity index (χ3v) is 5.19. The molecule has 0 atom stereocenters. The van der Waals surface area contributed by atoms with Crippen molar-refractivity contribution in [3.8, 4) is 0 Å². The summed E-state index contributed by atoms with van der Waals surface area (Å²) in [4.78, 5) is 11.4. The lowest BCUT2D eigenvalue weighted by atomic mass is 9.91. The monoisotopic (exact) mass is 357 g/mol. The van der Waals surface area contributed by atoms with Gasteiger partial charge in [0.05, 0.1) is 11.3 Å². The van der Waals surface area contributed by atoms with Gasteiger partial charge in [-0.05, 0) is 59.2 Å². The van der Waals surface area contributed by atoms with Gasteiger partial charge in [-0.3, -0.25) is 9.35 Å². The van der Waals surface area contributed by atoms with E-state index in [1.807, 2.05) is 20.8 Å². The molecule has 0 saturated carbocycles. The van der Waals surface area contributed by atoms with Crippen molar-refractivity contribution in [3.05, 3.63) is 0 Å². The molecule has 134 valence electrons. The summed E-state index contributed by atoms with van der Waals surface area (Å²) in [6, 6.07) is 0. The number of hydrogen-bond acceptors (Lipinski definition) is 4. The fraction of sp³-hybridized carbons (Fsp3) is 0.933. The van der Waals surface area contributed by atoms with Crippen LogP contribution in [0.5, 0.6) is 0 Å². The van der Waals surface area contributed by atoms with Gasteiger partial charge in [0.15, 0.2) is 5.78 Å². The van der Waals surface area contributed by atoms with Crippen LogP contribution in [-0.2, 0) is 14.9 Å². The van der Waals surface area contributed by atoms with Gasteiger partial charge in [-0.2, -0.15) is 8.42 Å². The van der Waals surface area contributed by atoms with Crippen LogP contribution in [0.3, 0.4) is 0 Å². The standard InChI is InChI=1S/C11H22ClNO.C4H10O3S/c1-7-8-10(3,4)13(12)11(5,6)9(2)14;1-2-3-4-8(5,6)7/h7-8H2,1-6H3;2-4H2,1H3,(H,5,6,7). The molecule has 0 aromatic carbocycles. The van der Waals surface area contributed by atoms with Crippen LogP contribution in [0.1, 0.15) is 74.1 Å². The Hall–Kier alpha value is -0.170. The van der Waals surface area contributed by atoms with Crippen LogP contribution in [0.25, 0.3) is 0 Å². The van der Waals surface area contributed by atoms with E-state index >= 15 is 0 Å². The normalized spacial score (nSPS) is 12.8.